The lowest BCUT2D eigenvalue weighted by Gasteiger charge is -2.14. The summed E-state index contributed by atoms with van der Waals surface area (Å²) in [4.78, 5) is 18.7. The highest BCUT2D eigenvalue weighted by atomic mass is 32.2. The lowest BCUT2D eigenvalue weighted by molar-refractivity contribution is -0.137. The molecule has 1 aliphatic carbocycles. The Morgan fingerprint density at radius 1 is 1.36 bits per heavy atom. The topological polar surface area (TPSA) is 77.5 Å². The van der Waals surface area contributed by atoms with Gasteiger partial charge < -0.3 is 15.4 Å². The van der Waals surface area contributed by atoms with Crippen molar-refractivity contribution in [2.24, 2.45) is 4.99 Å². The molecule has 0 amide bonds. The number of nitrogens with one attached hydrogen (secondary N) is 2. The van der Waals surface area contributed by atoms with Crippen LogP contribution in [0.5, 0.6) is 0 Å². The van der Waals surface area contributed by atoms with E-state index in [0.29, 0.717) is 11.8 Å². The maximum atomic E-state index is 14.0. The zero-order valence-electron chi connectivity index (χ0n) is 13.7. The fourth-order valence-corrected chi connectivity index (χ4v) is 4.63. The lowest BCUT2D eigenvalue weighted by Crippen LogP contribution is -2.14. The molecule has 0 radical (unpaired) electrons. The summed E-state index contributed by atoms with van der Waals surface area (Å²) in [5, 5.41) is 14.0. The third-order valence-corrected chi connectivity index (χ3v) is 5.91. The first kappa shape index (κ1) is 16.4. The van der Waals surface area contributed by atoms with Gasteiger partial charge >= 0.3 is 5.97 Å². The van der Waals surface area contributed by atoms with Crippen LogP contribution in [0, 0.1) is 5.82 Å². The summed E-state index contributed by atoms with van der Waals surface area (Å²) in [5.41, 5.74) is 2.50. The van der Waals surface area contributed by atoms with Gasteiger partial charge in [0.05, 0.1) is 29.4 Å². The number of aromatic nitrogens is 1. The molecule has 0 spiro atoms. The maximum Gasteiger partial charge on any atom is 0.305 e. The summed E-state index contributed by atoms with van der Waals surface area (Å²) < 4.78 is 14.0. The molecule has 25 heavy (non-hydrogen) atoms. The summed E-state index contributed by atoms with van der Waals surface area (Å²) in [7, 11) is 0. The number of H-pyrrole nitrogens is 1. The number of carbonyl (C=O) groups is 1. The molecule has 0 bridgehead atoms. The monoisotopic (exact) mass is 361 g/mol. The average Bonchev–Trinajstić information content (AvgIpc) is 3.26. The molecule has 0 saturated heterocycles. The molecule has 1 aromatic heterocycles. The summed E-state index contributed by atoms with van der Waals surface area (Å²) in [6, 6.07) is 5.15. The molecule has 5 nitrogen and oxygen atoms in total. The number of aliphatic carboxylic acids is 1. The molecule has 1 unspecified atom stereocenters. The van der Waals surface area contributed by atoms with E-state index in [2.05, 4.69) is 15.3 Å². The van der Waals surface area contributed by atoms with Crippen molar-refractivity contribution in [2.75, 3.05) is 11.1 Å². The minimum absolute atomic E-state index is 0.0415. The van der Waals surface area contributed by atoms with Gasteiger partial charge in [-0.25, -0.2) is 4.39 Å². The maximum absolute atomic E-state index is 14.0. The average molecular weight is 361 g/mol. The van der Waals surface area contributed by atoms with E-state index in [1.54, 1.807) is 11.8 Å². The van der Waals surface area contributed by atoms with Crippen LogP contribution in [0.2, 0.25) is 0 Å². The Balaban J connectivity index is 1.64. The molecule has 1 aromatic carbocycles. The van der Waals surface area contributed by atoms with Crippen molar-refractivity contribution < 1.29 is 14.3 Å². The van der Waals surface area contributed by atoms with Crippen molar-refractivity contribution in [2.45, 2.75) is 44.2 Å². The number of rotatable bonds is 5. The van der Waals surface area contributed by atoms with E-state index in [-0.39, 0.29) is 18.3 Å². The van der Waals surface area contributed by atoms with Gasteiger partial charge in [0.15, 0.2) is 0 Å². The third-order valence-electron chi connectivity index (χ3n) is 4.76. The van der Waals surface area contributed by atoms with Crippen molar-refractivity contribution >= 4 is 39.4 Å². The highest BCUT2D eigenvalue weighted by Gasteiger charge is 2.23. The van der Waals surface area contributed by atoms with Crippen LogP contribution in [-0.4, -0.2) is 38.9 Å². The second-order valence-electron chi connectivity index (χ2n) is 6.72. The Bertz CT molecular complexity index is 842. The number of halogens is 1. The Morgan fingerprint density at radius 3 is 2.92 bits per heavy atom. The third kappa shape index (κ3) is 3.51. The van der Waals surface area contributed by atoms with Gasteiger partial charge in [-0.05, 0) is 31.0 Å². The Labute approximate surface area is 149 Å². The number of thioether (sulfide) groups is 1. The zero-order chi connectivity index (χ0) is 17.4. The largest absolute Gasteiger partial charge is 0.481 e. The van der Waals surface area contributed by atoms with E-state index in [9.17, 15) is 9.18 Å². The number of benzene rings is 1. The summed E-state index contributed by atoms with van der Waals surface area (Å²) in [6.45, 7) is 0. The number of hydrogen-bond donors (Lipinski definition) is 3. The minimum atomic E-state index is -0.836. The van der Waals surface area contributed by atoms with Gasteiger partial charge in [-0.2, -0.15) is 0 Å². The SMILES string of the molecule is O=C(O)CC1CSC(c2cc3cc(F)cc(NC4CCCC4)c3[nH]2)=N1. The van der Waals surface area contributed by atoms with Crippen molar-refractivity contribution in [1.29, 1.82) is 0 Å². The first-order valence-corrected chi connectivity index (χ1v) is 9.58. The number of hydrogen-bond acceptors (Lipinski definition) is 4. The Kier molecular flexibility index (Phi) is 4.41. The van der Waals surface area contributed by atoms with Gasteiger partial charge in [0, 0.05) is 17.2 Å². The fourth-order valence-electron chi connectivity index (χ4n) is 3.60. The molecule has 1 saturated carbocycles. The van der Waals surface area contributed by atoms with E-state index >= 15 is 0 Å². The van der Waals surface area contributed by atoms with Gasteiger partial charge in [-0.15, -0.1) is 11.8 Å². The highest BCUT2D eigenvalue weighted by molar-refractivity contribution is 8.14. The Hall–Kier alpha value is -2.02. The van der Waals surface area contributed by atoms with Crippen LogP contribution in [0.25, 0.3) is 10.9 Å². The molecule has 7 heteroatoms. The summed E-state index contributed by atoms with van der Waals surface area (Å²) in [5.74, 6) is -0.431. The van der Waals surface area contributed by atoms with Crippen LogP contribution >= 0.6 is 11.8 Å². The number of aromatic amines is 1. The molecule has 3 N–H and O–H groups in total. The van der Waals surface area contributed by atoms with E-state index < -0.39 is 5.97 Å². The molecule has 4 rings (SSSR count). The van der Waals surface area contributed by atoms with E-state index in [4.69, 9.17) is 5.11 Å². The first-order valence-electron chi connectivity index (χ1n) is 8.60. The highest BCUT2D eigenvalue weighted by Crippen LogP contribution is 2.32. The smallest absolute Gasteiger partial charge is 0.305 e. The van der Waals surface area contributed by atoms with Crippen molar-refractivity contribution in [3.05, 3.63) is 29.7 Å². The van der Waals surface area contributed by atoms with E-state index in [1.165, 1.54) is 25.0 Å². The predicted molar refractivity (Wildman–Crippen MR) is 99.2 cm³/mol. The number of nitrogens with zero attached hydrogens (tertiary/aromatic N) is 1. The van der Waals surface area contributed by atoms with Crippen molar-refractivity contribution in [3.63, 3.8) is 0 Å². The first-order chi connectivity index (χ1) is 12.1. The molecule has 1 atom stereocenters. The fraction of sp³-hybridized carbons (Fsp3) is 0.444. The van der Waals surface area contributed by atoms with Crippen LogP contribution < -0.4 is 5.32 Å². The minimum Gasteiger partial charge on any atom is -0.481 e. The number of fused-ring (bicyclic) bond motifs is 1. The van der Waals surface area contributed by atoms with Gasteiger partial charge in [0.2, 0.25) is 0 Å². The van der Waals surface area contributed by atoms with Gasteiger partial charge in [-0.3, -0.25) is 9.79 Å². The number of carboxylic acid groups (broad SMARTS) is 1. The van der Waals surface area contributed by atoms with Crippen LogP contribution in [0.4, 0.5) is 10.1 Å². The number of aliphatic imine (C=N–C) groups is 1. The second-order valence-corrected chi connectivity index (χ2v) is 7.73. The van der Waals surface area contributed by atoms with Gasteiger partial charge in [0.1, 0.15) is 10.9 Å². The number of carboxylic acids is 1. The van der Waals surface area contributed by atoms with Crippen LogP contribution in [-0.2, 0) is 4.79 Å². The van der Waals surface area contributed by atoms with Gasteiger partial charge in [-0.1, -0.05) is 12.8 Å². The van der Waals surface area contributed by atoms with Crippen molar-refractivity contribution in [1.82, 2.24) is 4.98 Å². The molecule has 132 valence electrons. The molecule has 1 aliphatic heterocycles. The predicted octanol–water partition coefficient (Wildman–Crippen LogP) is 4.00. The van der Waals surface area contributed by atoms with Crippen LogP contribution in [0.1, 0.15) is 37.8 Å². The lowest BCUT2D eigenvalue weighted by atomic mass is 10.2. The molecule has 1 fully saturated rings. The standard InChI is InChI=1S/C18H20FN3O2S/c19-11-5-10-6-15(18-21-13(9-25-18)8-16(23)24)22-17(10)14(7-11)20-12-3-1-2-4-12/h5-7,12-13,20,22H,1-4,8-9H2,(H,23,24). The van der Waals surface area contributed by atoms with E-state index in [1.807, 2.05) is 6.07 Å². The number of anilines is 1. The van der Waals surface area contributed by atoms with Crippen LogP contribution in [0.3, 0.4) is 0 Å². The summed E-state index contributed by atoms with van der Waals surface area (Å²) >= 11 is 1.55. The second kappa shape index (κ2) is 6.71. The quantitative estimate of drug-likeness (QED) is 0.752. The van der Waals surface area contributed by atoms with E-state index in [0.717, 1.165) is 40.2 Å². The van der Waals surface area contributed by atoms with Crippen molar-refractivity contribution in [3.8, 4) is 0 Å². The van der Waals surface area contributed by atoms with Crippen LogP contribution in [0.15, 0.2) is 23.2 Å². The zero-order valence-corrected chi connectivity index (χ0v) is 14.5. The summed E-state index contributed by atoms with van der Waals surface area (Å²) in [6.07, 6.45) is 4.70. The molecular weight excluding hydrogens is 341 g/mol. The Morgan fingerprint density at radius 2 is 2.16 bits per heavy atom. The normalized spacial score (nSPS) is 21.0. The molecule has 2 heterocycles. The molecule has 2 aromatic rings. The molecule has 2 aliphatic rings. The molecular formula is C18H20FN3O2S. The van der Waals surface area contributed by atoms with Gasteiger partial charge in [0.25, 0.3) is 0 Å².